The van der Waals surface area contributed by atoms with Gasteiger partial charge in [0.05, 0.1) is 32.3 Å². The number of benzene rings is 4. The standard InChI is InChI=1S/C38H38F6N2O6/c1-52-32-20-29(36(51,37(39,40)41)38(42,43)44)17-16-28(32)22-46-31(19-25-10-6-3-7-11-25)34(49)33(48)30(18-24-8-4-2-5-9-24)45(35(46)50)21-26-12-14-27(23-47)15-13-26/h2-17,20,30-31,33-34,47-49,51H,18-19,21-23H2,1H3/t30?,31-,33?,34?/m1/s1. The first kappa shape index (κ1) is 38.6. The molecule has 0 radical (unpaired) electrons. The highest BCUT2D eigenvalue weighted by atomic mass is 19.4. The summed E-state index contributed by atoms with van der Waals surface area (Å²) < 4.78 is 87.8. The summed E-state index contributed by atoms with van der Waals surface area (Å²) in [5.74, 6) is -0.484. The van der Waals surface area contributed by atoms with Crippen molar-refractivity contribution >= 4 is 6.03 Å². The van der Waals surface area contributed by atoms with E-state index in [1.54, 1.807) is 84.9 Å². The lowest BCUT2D eigenvalue weighted by molar-refractivity contribution is -0.376. The van der Waals surface area contributed by atoms with Gasteiger partial charge in [-0.15, -0.1) is 0 Å². The zero-order valence-electron chi connectivity index (χ0n) is 27.9. The summed E-state index contributed by atoms with van der Waals surface area (Å²) in [6.45, 7) is -0.762. The molecule has 52 heavy (non-hydrogen) atoms. The summed E-state index contributed by atoms with van der Waals surface area (Å²) in [5, 5.41) is 43.3. The molecule has 5 rings (SSSR count). The molecule has 278 valence electrons. The van der Waals surface area contributed by atoms with Gasteiger partial charge in [0.1, 0.15) is 18.0 Å². The van der Waals surface area contributed by atoms with Gasteiger partial charge in [-0.1, -0.05) is 97.1 Å². The molecule has 8 nitrogen and oxygen atoms in total. The average molecular weight is 733 g/mol. The van der Waals surface area contributed by atoms with Crippen LogP contribution in [-0.4, -0.2) is 80.0 Å². The summed E-state index contributed by atoms with van der Waals surface area (Å²) in [5.41, 5.74) is -4.13. The van der Waals surface area contributed by atoms with E-state index in [9.17, 15) is 51.6 Å². The van der Waals surface area contributed by atoms with Crippen LogP contribution in [0, 0.1) is 0 Å². The summed E-state index contributed by atoms with van der Waals surface area (Å²) >= 11 is 0. The van der Waals surface area contributed by atoms with Gasteiger partial charge in [-0.05, 0) is 41.2 Å². The molecule has 0 aliphatic carbocycles. The highest BCUT2D eigenvalue weighted by molar-refractivity contribution is 5.76. The van der Waals surface area contributed by atoms with Gasteiger partial charge in [-0.2, -0.15) is 26.3 Å². The van der Waals surface area contributed by atoms with Crippen molar-refractivity contribution in [2.45, 2.75) is 74.8 Å². The highest BCUT2D eigenvalue weighted by Crippen LogP contribution is 2.51. The van der Waals surface area contributed by atoms with Crippen LogP contribution in [0.2, 0.25) is 0 Å². The third-order valence-electron chi connectivity index (χ3n) is 9.43. The Morgan fingerprint density at radius 3 is 1.56 bits per heavy atom. The summed E-state index contributed by atoms with van der Waals surface area (Å²) in [6.07, 6.45) is -15.2. The van der Waals surface area contributed by atoms with E-state index >= 15 is 0 Å². The number of carbonyl (C=O) groups excluding carboxylic acids is 1. The number of hydrogen-bond acceptors (Lipinski definition) is 6. The Hall–Kier alpha value is -4.63. The number of aliphatic hydroxyl groups excluding tert-OH is 3. The topological polar surface area (TPSA) is 114 Å². The smallest absolute Gasteiger partial charge is 0.430 e. The molecule has 4 aromatic rings. The van der Waals surface area contributed by atoms with E-state index in [0.717, 1.165) is 18.7 Å². The fraction of sp³-hybridized carbons (Fsp3) is 0.342. The first-order valence-electron chi connectivity index (χ1n) is 16.3. The fourth-order valence-electron chi connectivity index (χ4n) is 6.53. The third-order valence-corrected chi connectivity index (χ3v) is 9.43. The first-order valence-corrected chi connectivity index (χ1v) is 16.3. The van der Waals surface area contributed by atoms with Gasteiger partial charge in [-0.3, -0.25) is 0 Å². The first-order chi connectivity index (χ1) is 24.6. The molecule has 1 heterocycles. The number of aliphatic hydroxyl groups is 4. The van der Waals surface area contributed by atoms with Crippen LogP contribution >= 0.6 is 0 Å². The maximum absolute atomic E-state index is 14.9. The Bertz CT molecular complexity index is 1780. The van der Waals surface area contributed by atoms with Gasteiger partial charge in [-0.25, -0.2) is 4.79 Å². The minimum absolute atomic E-state index is 0.0181. The van der Waals surface area contributed by atoms with E-state index in [2.05, 4.69) is 0 Å². The van der Waals surface area contributed by atoms with Crippen LogP contribution in [-0.2, 0) is 38.1 Å². The van der Waals surface area contributed by atoms with Crippen molar-refractivity contribution in [1.82, 2.24) is 9.80 Å². The van der Waals surface area contributed by atoms with Crippen LogP contribution in [0.3, 0.4) is 0 Å². The average Bonchev–Trinajstić information content (AvgIpc) is 3.18. The van der Waals surface area contributed by atoms with Gasteiger partial charge in [0.15, 0.2) is 0 Å². The quantitative estimate of drug-likeness (QED) is 0.143. The van der Waals surface area contributed by atoms with Gasteiger partial charge >= 0.3 is 18.4 Å². The van der Waals surface area contributed by atoms with Gasteiger partial charge < -0.3 is 35.0 Å². The molecule has 1 aliphatic rings. The summed E-state index contributed by atoms with van der Waals surface area (Å²) in [7, 11) is 1.02. The van der Waals surface area contributed by atoms with E-state index < -0.39 is 66.1 Å². The van der Waals surface area contributed by atoms with E-state index in [-0.39, 0.29) is 31.6 Å². The van der Waals surface area contributed by atoms with Crippen LogP contribution in [0.5, 0.6) is 5.75 Å². The van der Waals surface area contributed by atoms with E-state index in [1.807, 2.05) is 0 Å². The zero-order valence-corrected chi connectivity index (χ0v) is 27.9. The van der Waals surface area contributed by atoms with Crippen molar-refractivity contribution in [3.8, 4) is 5.75 Å². The SMILES string of the molecule is COc1cc(C(O)(C(F)(F)F)C(F)(F)F)ccc1CN1C(=O)N(Cc2ccc(CO)cc2)C(Cc2ccccc2)C(O)C(O)[C@H]1Cc1ccccc1. The van der Waals surface area contributed by atoms with Crippen molar-refractivity contribution in [2.75, 3.05) is 7.11 Å². The Morgan fingerprint density at radius 1 is 0.654 bits per heavy atom. The maximum atomic E-state index is 14.9. The van der Waals surface area contributed by atoms with Crippen molar-refractivity contribution in [3.05, 3.63) is 137 Å². The Balaban J connectivity index is 1.63. The molecule has 4 N–H and O–H groups in total. The molecule has 4 atom stereocenters. The molecular formula is C38H38F6N2O6. The predicted octanol–water partition coefficient (Wildman–Crippen LogP) is 5.88. The lowest BCUT2D eigenvalue weighted by Gasteiger charge is -2.36. The number of carbonyl (C=O) groups is 1. The number of hydrogen-bond donors (Lipinski definition) is 4. The molecule has 1 saturated heterocycles. The zero-order chi connectivity index (χ0) is 37.8. The number of alkyl halides is 6. The fourth-order valence-corrected chi connectivity index (χ4v) is 6.53. The Kier molecular flexibility index (Phi) is 11.5. The Labute approximate surface area is 296 Å². The number of nitrogens with zero attached hydrogens (tertiary/aromatic N) is 2. The number of rotatable bonds is 11. The molecule has 0 saturated carbocycles. The molecule has 1 aliphatic heterocycles. The highest BCUT2D eigenvalue weighted by Gasteiger charge is 2.71. The summed E-state index contributed by atoms with van der Waals surface area (Å²) in [6, 6.07) is 23.4. The second-order valence-corrected chi connectivity index (χ2v) is 12.7. The minimum atomic E-state index is -6.14. The van der Waals surface area contributed by atoms with Crippen molar-refractivity contribution in [3.63, 3.8) is 0 Å². The second-order valence-electron chi connectivity index (χ2n) is 12.7. The Morgan fingerprint density at radius 2 is 1.12 bits per heavy atom. The summed E-state index contributed by atoms with van der Waals surface area (Å²) in [4.78, 5) is 17.5. The van der Waals surface area contributed by atoms with Gasteiger partial charge in [0.2, 0.25) is 0 Å². The number of methoxy groups -OCH3 is 1. The molecule has 4 aromatic carbocycles. The van der Waals surface area contributed by atoms with Crippen molar-refractivity contribution in [1.29, 1.82) is 0 Å². The predicted molar refractivity (Wildman–Crippen MR) is 178 cm³/mol. The van der Waals surface area contributed by atoms with Crippen molar-refractivity contribution in [2.24, 2.45) is 0 Å². The van der Waals surface area contributed by atoms with Crippen LogP contribution in [0.15, 0.2) is 103 Å². The van der Waals surface area contributed by atoms with Gasteiger partial charge in [0.25, 0.3) is 5.60 Å². The van der Waals surface area contributed by atoms with Crippen LogP contribution < -0.4 is 4.74 Å². The molecule has 0 aromatic heterocycles. The van der Waals surface area contributed by atoms with Crippen molar-refractivity contribution < 1.29 is 56.3 Å². The number of halogens is 6. The lowest BCUT2D eigenvalue weighted by Crippen LogP contribution is -2.54. The molecule has 1 fully saturated rings. The van der Waals surface area contributed by atoms with Crippen LogP contribution in [0.4, 0.5) is 31.1 Å². The second kappa shape index (κ2) is 15.5. The van der Waals surface area contributed by atoms with E-state index in [4.69, 9.17) is 4.74 Å². The lowest BCUT2D eigenvalue weighted by atomic mass is 9.90. The number of urea groups is 1. The molecule has 0 spiro atoms. The molecule has 3 unspecified atom stereocenters. The monoisotopic (exact) mass is 732 g/mol. The maximum Gasteiger partial charge on any atom is 0.430 e. The largest absolute Gasteiger partial charge is 0.496 e. The molecule has 0 bridgehead atoms. The number of amides is 2. The van der Waals surface area contributed by atoms with Crippen LogP contribution in [0.1, 0.15) is 33.4 Å². The molecule has 2 amide bonds. The minimum Gasteiger partial charge on any atom is -0.496 e. The number of ether oxygens (including phenoxy) is 1. The van der Waals surface area contributed by atoms with Crippen LogP contribution in [0.25, 0.3) is 0 Å². The molecular weight excluding hydrogens is 694 g/mol. The van der Waals surface area contributed by atoms with Gasteiger partial charge in [0, 0.05) is 17.7 Å². The normalized spacial score (nSPS) is 20.2. The van der Waals surface area contributed by atoms with E-state index in [1.165, 1.54) is 9.80 Å². The van der Waals surface area contributed by atoms with E-state index in [0.29, 0.717) is 28.8 Å². The third kappa shape index (κ3) is 7.89. The molecule has 14 heteroatoms.